The number of rotatable bonds is 3. The van der Waals surface area contributed by atoms with Crippen LogP contribution in [0, 0.1) is 0 Å². The SMILES string of the molecule is c1ccc(-c2ccccc2-c2cccc3c2oc2c(-c4ccc5c(c4)-c4ccccc4C5)cccc23)cc1. The summed E-state index contributed by atoms with van der Waals surface area (Å²) in [6, 6.07) is 47.8. The molecule has 0 saturated heterocycles. The number of furan rings is 1. The molecule has 1 aliphatic carbocycles. The van der Waals surface area contributed by atoms with E-state index >= 15 is 0 Å². The number of hydrogen-bond acceptors (Lipinski definition) is 1. The molecule has 0 bridgehead atoms. The van der Waals surface area contributed by atoms with E-state index in [2.05, 4.69) is 133 Å². The molecule has 0 N–H and O–H groups in total. The lowest BCUT2D eigenvalue weighted by Crippen LogP contribution is -1.85. The predicted octanol–water partition coefficient (Wildman–Crippen LogP) is 10.2. The molecule has 6 aromatic carbocycles. The fraction of sp³-hybridized carbons (Fsp3) is 0.0270. The van der Waals surface area contributed by atoms with Gasteiger partial charge in [0.2, 0.25) is 0 Å². The summed E-state index contributed by atoms with van der Waals surface area (Å²) in [6.07, 6.45) is 1.00. The van der Waals surface area contributed by atoms with E-state index < -0.39 is 0 Å². The van der Waals surface area contributed by atoms with Gasteiger partial charge in [0, 0.05) is 21.9 Å². The molecule has 1 heterocycles. The summed E-state index contributed by atoms with van der Waals surface area (Å²) in [7, 11) is 0. The number of para-hydroxylation sites is 2. The van der Waals surface area contributed by atoms with Crippen molar-refractivity contribution in [2.24, 2.45) is 0 Å². The summed E-state index contributed by atoms with van der Waals surface area (Å²) >= 11 is 0. The molecule has 0 aliphatic heterocycles. The summed E-state index contributed by atoms with van der Waals surface area (Å²) in [5, 5.41) is 2.30. The first-order chi connectivity index (χ1) is 18.8. The largest absolute Gasteiger partial charge is 0.455 e. The fourth-order valence-electron chi connectivity index (χ4n) is 6.14. The zero-order chi connectivity index (χ0) is 25.1. The van der Waals surface area contributed by atoms with Gasteiger partial charge >= 0.3 is 0 Å². The van der Waals surface area contributed by atoms with Crippen molar-refractivity contribution in [2.45, 2.75) is 6.42 Å². The van der Waals surface area contributed by atoms with Gasteiger partial charge in [-0.25, -0.2) is 0 Å². The highest BCUT2D eigenvalue weighted by Crippen LogP contribution is 2.44. The minimum atomic E-state index is 0.935. The second-order valence-electron chi connectivity index (χ2n) is 10.1. The molecule has 7 aromatic rings. The predicted molar refractivity (Wildman–Crippen MR) is 158 cm³/mol. The van der Waals surface area contributed by atoms with Gasteiger partial charge in [0.05, 0.1) is 0 Å². The van der Waals surface area contributed by atoms with E-state index in [-0.39, 0.29) is 0 Å². The van der Waals surface area contributed by atoms with Crippen molar-refractivity contribution in [1.82, 2.24) is 0 Å². The van der Waals surface area contributed by atoms with E-state index in [0.29, 0.717) is 0 Å². The van der Waals surface area contributed by atoms with Gasteiger partial charge in [-0.15, -0.1) is 0 Å². The monoisotopic (exact) mass is 484 g/mol. The molecule has 1 aromatic heterocycles. The lowest BCUT2D eigenvalue weighted by Gasteiger charge is -2.10. The Bertz CT molecular complexity index is 1990. The average Bonchev–Trinajstić information content (AvgIpc) is 3.56. The lowest BCUT2D eigenvalue weighted by atomic mass is 9.93. The van der Waals surface area contributed by atoms with Crippen LogP contribution in [0.15, 0.2) is 138 Å². The summed E-state index contributed by atoms with van der Waals surface area (Å²) in [5.74, 6) is 0. The maximum absolute atomic E-state index is 6.80. The summed E-state index contributed by atoms with van der Waals surface area (Å²) < 4.78 is 6.80. The van der Waals surface area contributed by atoms with Crippen LogP contribution in [0.3, 0.4) is 0 Å². The van der Waals surface area contributed by atoms with Crippen molar-refractivity contribution >= 4 is 21.9 Å². The maximum Gasteiger partial charge on any atom is 0.143 e. The van der Waals surface area contributed by atoms with Gasteiger partial charge < -0.3 is 4.42 Å². The van der Waals surface area contributed by atoms with Gasteiger partial charge in [-0.3, -0.25) is 0 Å². The number of fused-ring (bicyclic) bond motifs is 6. The number of hydrogen-bond donors (Lipinski definition) is 0. The van der Waals surface area contributed by atoms with Crippen molar-refractivity contribution < 1.29 is 4.42 Å². The molecule has 1 aliphatic rings. The Labute approximate surface area is 221 Å². The van der Waals surface area contributed by atoms with Crippen LogP contribution in [0.4, 0.5) is 0 Å². The van der Waals surface area contributed by atoms with Gasteiger partial charge in [0.1, 0.15) is 11.2 Å². The molecule has 0 atom stereocenters. The van der Waals surface area contributed by atoms with Gasteiger partial charge in [-0.1, -0.05) is 127 Å². The first-order valence-corrected chi connectivity index (χ1v) is 13.2. The highest BCUT2D eigenvalue weighted by Gasteiger charge is 2.21. The van der Waals surface area contributed by atoms with Crippen LogP contribution < -0.4 is 0 Å². The van der Waals surface area contributed by atoms with Crippen molar-refractivity contribution in [3.63, 3.8) is 0 Å². The minimum absolute atomic E-state index is 0.935. The Hall–Kier alpha value is -4.88. The molecule has 0 fully saturated rings. The molecule has 0 amide bonds. The summed E-state index contributed by atoms with van der Waals surface area (Å²) in [6.45, 7) is 0. The first-order valence-electron chi connectivity index (χ1n) is 13.2. The standard InChI is InChI=1S/C37H24O/c1-2-10-24(11-3-1)28-13-6-7-15-31(28)32-17-9-19-34-33-18-8-16-30(36(33)38-37(32)34)27-21-20-26-22-25-12-4-5-14-29(25)35(26)23-27/h1-21,23H,22H2. The Kier molecular flexibility index (Phi) is 4.65. The zero-order valence-electron chi connectivity index (χ0n) is 20.8. The van der Waals surface area contributed by atoms with Crippen LogP contribution in [0.5, 0.6) is 0 Å². The van der Waals surface area contributed by atoms with Gasteiger partial charge in [-0.05, 0) is 57.0 Å². The smallest absolute Gasteiger partial charge is 0.143 e. The molecule has 38 heavy (non-hydrogen) atoms. The van der Waals surface area contributed by atoms with E-state index in [1.54, 1.807) is 0 Å². The number of benzene rings is 6. The fourth-order valence-corrected chi connectivity index (χ4v) is 6.14. The molecule has 178 valence electrons. The third-order valence-electron chi connectivity index (χ3n) is 7.94. The molecule has 0 spiro atoms. The Morgan fingerprint density at radius 1 is 0.368 bits per heavy atom. The van der Waals surface area contributed by atoms with Crippen LogP contribution in [-0.4, -0.2) is 0 Å². The highest BCUT2D eigenvalue weighted by molar-refractivity contribution is 6.13. The van der Waals surface area contributed by atoms with Crippen LogP contribution in [0.1, 0.15) is 11.1 Å². The molecule has 1 nitrogen and oxygen atoms in total. The Balaban J connectivity index is 1.34. The van der Waals surface area contributed by atoms with E-state index in [0.717, 1.165) is 39.5 Å². The van der Waals surface area contributed by atoms with Crippen molar-refractivity contribution in [3.8, 4) is 44.5 Å². The second kappa shape index (κ2) is 8.33. The van der Waals surface area contributed by atoms with Crippen molar-refractivity contribution in [2.75, 3.05) is 0 Å². The van der Waals surface area contributed by atoms with Crippen molar-refractivity contribution in [3.05, 3.63) is 145 Å². The van der Waals surface area contributed by atoms with Crippen molar-refractivity contribution in [1.29, 1.82) is 0 Å². The van der Waals surface area contributed by atoms with Crippen LogP contribution >= 0.6 is 0 Å². The quantitative estimate of drug-likeness (QED) is 0.243. The topological polar surface area (TPSA) is 13.1 Å². The van der Waals surface area contributed by atoms with E-state index in [1.165, 1.54) is 44.5 Å². The van der Waals surface area contributed by atoms with E-state index in [1.807, 2.05) is 0 Å². The Morgan fingerprint density at radius 2 is 0.974 bits per heavy atom. The van der Waals surface area contributed by atoms with Gasteiger partial charge in [0.25, 0.3) is 0 Å². The highest BCUT2D eigenvalue weighted by atomic mass is 16.3. The molecular formula is C37H24O. The van der Waals surface area contributed by atoms with Crippen LogP contribution in [-0.2, 0) is 6.42 Å². The van der Waals surface area contributed by atoms with Gasteiger partial charge in [0.15, 0.2) is 0 Å². The van der Waals surface area contributed by atoms with E-state index in [4.69, 9.17) is 4.42 Å². The Morgan fingerprint density at radius 3 is 1.79 bits per heavy atom. The average molecular weight is 485 g/mol. The van der Waals surface area contributed by atoms with E-state index in [9.17, 15) is 0 Å². The first kappa shape index (κ1) is 21.2. The molecule has 0 unspecified atom stereocenters. The van der Waals surface area contributed by atoms with Gasteiger partial charge in [-0.2, -0.15) is 0 Å². The normalized spacial score (nSPS) is 12.1. The summed E-state index contributed by atoms with van der Waals surface area (Å²) in [4.78, 5) is 0. The third-order valence-corrected chi connectivity index (χ3v) is 7.94. The van der Waals surface area contributed by atoms with Crippen LogP contribution in [0.25, 0.3) is 66.4 Å². The zero-order valence-corrected chi connectivity index (χ0v) is 20.8. The molecule has 0 radical (unpaired) electrons. The minimum Gasteiger partial charge on any atom is -0.455 e. The molecular weight excluding hydrogens is 460 g/mol. The lowest BCUT2D eigenvalue weighted by molar-refractivity contribution is 0.671. The molecule has 1 heteroatoms. The maximum atomic E-state index is 6.80. The summed E-state index contributed by atoms with van der Waals surface area (Å²) in [5.41, 5.74) is 14.4. The second-order valence-corrected chi connectivity index (χ2v) is 10.1. The third kappa shape index (κ3) is 3.19. The van der Waals surface area contributed by atoms with Crippen LogP contribution in [0.2, 0.25) is 0 Å². The molecule has 0 saturated carbocycles. The molecule has 8 rings (SSSR count).